The van der Waals surface area contributed by atoms with Crippen LogP contribution in [0.25, 0.3) is 0 Å². The van der Waals surface area contributed by atoms with Crippen LogP contribution >= 0.6 is 0 Å². The van der Waals surface area contributed by atoms with E-state index in [-0.39, 0.29) is 18.0 Å². The van der Waals surface area contributed by atoms with Crippen LogP contribution in [0.4, 0.5) is 4.39 Å². The molecule has 0 spiro atoms. The van der Waals surface area contributed by atoms with Crippen molar-refractivity contribution < 1.29 is 14.0 Å². The predicted octanol–water partition coefficient (Wildman–Crippen LogP) is -0.304. The Balaban J connectivity index is 2.58. The number of hydrogen-bond donors (Lipinski definition) is 2. The van der Waals surface area contributed by atoms with E-state index in [1.165, 1.54) is 13.2 Å². The highest BCUT2D eigenvalue weighted by Crippen LogP contribution is 1.99. The normalized spacial score (nSPS) is 9.47. The van der Waals surface area contributed by atoms with Crippen LogP contribution in [0, 0.1) is 5.82 Å². The fourth-order valence-electron chi connectivity index (χ4n) is 0.887. The maximum Gasteiger partial charge on any atom is 0.253 e. The SMILES string of the molecule is CNC(=O)CNC(=O)c1cncc(F)c1. The van der Waals surface area contributed by atoms with Crippen molar-refractivity contribution in [3.8, 4) is 0 Å². The highest BCUT2D eigenvalue weighted by Gasteiger charge is 2.07. The minimum atomic E-state index is -0.595. The van der Waals surface area contributed by atoms with Crippen LogP contribution in [0.2, 0.25) is 0 Å². The van der Waals surface area contributed by atoms with Gasteiger partial charge in [0.25, 0.3) is 5.91 Å². The first kappa shape index (κ1) is 11.1. The number of pyridine rings is 1. The number of rotatable bonds is 3. The summed E-state index contributed by atoms with van der Waals surface area (Å²) in [4.78, 5) is 25.6. The van der Waals surface area contributed by atoms with Crippen LogP contribution in [-0.2, 0) is 4.79 Å². The Morgan fingerprint density at radius 2 is 2.20 bits per heavy atom. The van der Waals surface area contributed by atoms with Gasteiger partial charge in [0.2, 0.25) is 5.91 Å². The van der Waals surface area contributed by atoms with Crippen molar-refractivity contribution >= 4 is 11.8 Å². The standard InChI is InChI=1S/C9H10FN3O2/c1-11-8(14)5-13-9(15)6-2-7(10)4-12-3-6/h2-4H,5H2,1H3,(H,11,14)(H,13,15). The van der Waals surface area contributed by atoms with Crippen LogP contribution in [0.3, 0.4) is 0 Å². The molecular formula is C9H10FN3O2. The number of nitrogens with zero attached hydrogens (tertiary/aromatic N) is 1. The van der Waals surface area contributed by atoms with Crippen LogP contribution in [0.5, 0.6) is 0 Å². The zero-order chi connectivity index (χ0) is 11.3. The summed E-state index contributed by atoms with van der Waals surface area (Å²) in [6.07, 6.45) is 2.22. The molecule has 5 nitrogen and oxygen atoms in total. The summed E-state index contributed by atoms with van der Waals surface area (Å²) < 4.78 is 12.7. The van der Waals surface area contributed by atoms with E-state index in [0.29, 0.717) is 0 Å². The third-order valence-electron chi connectivity index (χ3n) is 1.66. The maximum absolute atomic E-state index is 12.7. The zero-order valence-electron chi connectivity index (χ0n) is 8.08. The molecule has 0 aliphatic heterocycles. The van der Waals surface area contributed by atoms with Gasteiger partial charge < -0.3 is 10.6 Å². The van der Waals surface area contributed by atoms with Crippen molar-refractivity contribution in [3.63, 3.8) is 0 Å². The van der Waals surface area contributed by atoms with Crippen molar-refractivity contribution in [2.45, 2.75) is 0 Å². The number of hydrogen-bond acceptors (Lipinski definition) is 3. The van der Waals surface area contributed by atoms with Gasteiger partial charge in [-0.3, -0.25) is 14.6 Å². The minimum absolute atomic E-state index is 0.0823. The third-order valence-corrected chi connectivity index (χ3v) is 1.66. The van der Waals surface area contributed by atoms with Crippen molar-refractivity contribution in [2.24, 2.45) is 0 Å². The van der Waals surface area contributed by atoms with Gasteiger partial charge in [-0.1, -0.05) is 0 Å². The highest BCUT2D eigenvalue weighted by molar-refractivity contribution is 5.96. The molecule has 0 radical (unpaired) electrons. The Bertz CT molecular complexity index is 381. The number of likely N-dealkylation sites (N-methyl/N-ethyl adjacent to an activating group) is 1. The Kier molecular flexibility index (Phi) is 3.73. The van der Waals surface area contributed by atoms with Crippen molar-refractivity contribution in [1.29, 1.82) is 0 Å². The van der Waals surface area contributed by atoms with E-state index in [0.717, 1.165) is 12.3 Å². The van der Waals surface area contributed by atoms with Crippen molar-refractivity contribution in [3.05, 3.63) is 29.8 Å². The first-order valence-electron chi connectivity index (χ1n) is 4.23. The molecule has 1 heterocycles. The Hall–Kier alpha value is -1.98. The molecular weight excluding hydrogens is 201 g/mol. The van der Waals surface area contributed by atoms with Gasteiger partial charge in [-0.2, -0.15) is 0 Å². The summed E-state index contributed by atoms with van der Waals surface area (Å²) in [7, 11) is 1.46. The summed E-state index contributed by atoms with van der Waals surface area (Å²) in [6.45, 7) is -0.147. The Labute approximate surface area is 85.7 Å². The number of amides is 2. The lowest BCUT2D eigenvalue weighted by Gasteiger charge is -2.03. The van der Waals surface area contributed by atoms with E-state index in [4.69, 9.17) is 0 Å². The van der Waals surface area contributed by atoms with E-state index in [1.54, 1.807) is 0 Å². The molecule has 1 aromatic rings. The number of nitrogens with one attached hydrogen (secondary N) is 2. The fraction of sp³-hybridized carbons (Fsp3) is 0.222. The summed E-state index contributed by atoms with van der Waals surface area (Å²) in [5.74, 6) is -1.46. The molecule has 2 amide bonds. The van der Waals surface area contributed by atoms with Crippen molar-refractivity contribution in [2.75, 3.05) is 13.6 Å². The summed E-state index contributed by atoms with van der Waals surface area (Å²) >= 11 is 0. The van der Waals surface area contributed by atoms with Crippen LogP contribution < -0.4 is 10.6 Å². The van der Waals surface area contributed by atoms with Gasteiger partial charge in [0.05, 0.1) is 18.3 Å². The quantitative estimate of drug-likeness (QED) is 0.720. The number of carbonyl (C=O) groups excluding carboxylic acids is 2. The number of halogens is 1. The molecule has 0 saturated heterocycles. The van der Waals surface area contributed by atoms with E-state index < -0.39 is 11.7 Å². The molecule has 15 heavy (non-hydrogen) atoms. The monoisotopic (exact) mass is 211 g/mol. The molecule has 0 saturated carbocycles. The van der Waals surface area contributed by atoms with Gasteiger partial charge in [0.15, 0.2) is 0 Å². The lowest BCUT2D eigenvalue weighted by atomic mass is 10.2. The molecule has 6 heteroatoms. The molecule has 0 unspecified atom stereocenters. The second-order valence-corrected chi connectivity index (χ2v) is 2.75. The van der Waals surface area contributed by atoms with E-state index in [9.17, 15) is 14.0 Å². The van der Waals surface area contributed by atoms with Gasteiger partial charge >= 0.3 is 0 Å². The number of carbonyl (C=O) groups is 2. The molecule has 0 aliphatic rings. The average Bonchev–Trinajstić information content (AvgIpc) is 2.25. The first-order chi connectivity index (χ1) is 7.13. The fourth-order valence-corrected chi connectivity index (χ4v) is 0.887. The largest absolute Gasteiger partial charge is 0.358 e. The molecule has 2 N–H and O–H groups in total. The summed E-state index contributed by atoms with van der Waals surface area (Å²) in [5.41, 5.74) is 0.0823. The Morgan fingerprint density at radius 3 is 2.80 bits per heavy atom. The second kappa shape index (κ2) is 5.04. The molecule has 80 valence electrons. The highest BCUT2D eigenvalue weighted by atomic mass is 19.1. The van der Waals surface area contributed by atoms with Crippen molar-refractivity contribution in [1.82, 2.24) is 15.6 Å². The van der Waals surface area contributed by atoms with E-state index in [1.807, 2.05) is 0 Å². The average molecular weight is 211 g/mol. The lowest BCUT2D eigenvalue weighted by Crippen LogP contribution is -2.35. The van der Waals surface area contributed by atoms with Crippen LogP contribution in [-0.4, -0.2) is 30.4 Å². The second-order valence-electron chi connectivity index (χ2n) is 2.75. The van der Waals surface area contributed by atoms with Crippen LogP contribution in [0.15, 0.2) is 18.5 Å². The topological polar surface area (TPSA) is 71.1 Å². The molecule has 0 fully saturated rings. The molecule has 1 aromatic heterocycles. The lowest BCUT2D eigenvalue weighted by molar-refractivity contribution is -0.119. The molecule has 0 atom stereocenters. The van der Waals surface area contributed by atoms with Gasteiger partial charge in [0.1, 0.15) is 5.82 Å². The smallest absolute Gasteiger partial charge is 0.253 e. The van der Waals surface area contributed by atoms with E-state index >= 15 is 0 Å². The molecule has 0 aromatic carbocycles. The minimum Gasteiger partial charge on any atom is -0.358 e. The molecule has 0 aliphatic carbocycles. The van der Waals surface area contributed by atoms with Gasteiger partial charge in [-0.15, -0.1) is 0 Å². The van der Waals surface area contributed by atoms with Crippen LogP contribution in [0.1, 0.15) is 10.4 Å². The zero-order valence-corrected chi connectivity index (χ0v) is 8.08. The maximum atomic E-state index is 12.7. The summed E-state index contributed by atoms with van der Waals surface area (Å²) in [5, 5.41) is 4.66. The predicted molar refractivity (Wildman–Crippen MR) is 50.6 cm³/mol. The third kappa shape index (κ3) is 3.34. The Morgan fingerprint density at radius 1 is 1.47 bits per heavy atom. The van der Waals surface area contributed by atoms with Gasteiger partial charge in [-0.25, -0.2) is 4.39 Å². The molecule has 1 rings (SSSR count). The summed E-state index contributed by atoms with van der Waals surface area (Å²) in [6, 6.07) is 1.05. The first-order valence-corrected chi connectivity index (χ1v) is 4.23. The van der Waals surface area contributed by atoms with Gasteiger partial charge in [-0.05, 0) is 6.07 Å². The van der Waals surface area contributed by atoms with Gasteiger partial charge in [0, 0.05) is 13.2 Å². The number of aromatic nitrogens is 1. The molecule has 0 bridgehead atoms. The van der Waals surface area contributed by atoms with E-state index in [2.05, 4.69) is 15.6 Å².